The molecule has 5 nitrogen and oxygen atoms in total. The lowest BCUT2D eigenvalue weighted by Crippen LogP contribution is -2.29. The molecular formula is C23H22Cl2N4O. The zero-order valence-corrected chi connectivity index (χ0v) is 18.0. The average molecular weight is 441 g/mol. The number of nitrogens with two attached hydrogens (primary N) is 1. The Morgan fingerprint density at radius 1 is 1.00 bits per heavy atom. The Morgan fingerprint density at radius 3 is 2.43 bits per heavy atom. The van der Waals surface area contributed by atoms with Crippen molar-refractivity contribution in [2.45, 2.75) is 25.8 Å². The molecule has 2 heterocycles. The monoisotopic (exact) mass is 440 g/mol. The number of ketones is 1. The molecule has 7 heteroatoms. The second-order valence-electron chi connectivity index (χ2n) is 7.48. The summed E-state index contributed by atoms with van der Waals surface area (Å²) < 4.78 is 0. The predicted octanol–water partition coefficient (Wildman–Crippen LogP) is 5.25. The molecule has 0 amide bonds. The van der Waals surface area contributed by atoms with Gasteiger partial charge in [-0.1, -0.05) is 60.0 Å². The van der Waals surface area contributed by atoms with Crippen LogP contribution in [0.5, 0.6) is 0 Å². The van der Waals surface area contributed by atoms with Gasteiger partial charge in [-0.2, -0.15) is 0 Å². The second-order valence-corrected chi connectivity index (χ2v) is 8.30. The molecule has 1 aromatic heterocycles. The summed E-state index contributed by atoms with van der Waals surface area (Å²) in [5.41, 5.74) is 9.03. The van der Waals surface area contributed by atoms with Gasteiger partial charge in [0, 0.05) is 17.7 Å². The number of carbonyl (C=O) groups excluding carboxylic acids is 1. The molecule has 1 aliphatic rings. The number of aromatic nitrogens is 2. The van der Waals surface area contributed by atoms with E-state index in [4.69, 9.17) is 28.9 Å². The van der Waals surface area contributed by atoms with Crippen LogP contribution < -0.4 is 5.73 Å². The number of likely N-dealkylation sites (tertiary alicyclic amines) is 1. The van der Waals surface area contributed by atoms with Gasteiger partial charge >= 0.3 is 0 Å². The lowest BCUT2D eigenvalue weighted by atomic mass is 10.0. The number of halogens is 2. The van der Waals surface area contributed by atoms with Crippen LogP contribution in [-0.4, -0.2) is 33.7 Å². The third-order valence-electron chi connectivity index (χ3n) is 5.30. The summed E-state index contributed by atoms with van der Waals surface area (Å²) in [6, 6.07) is 12.8. The molecule has 0 saturated carbocycles. The lowest BCUT2D eigenvalue weighted by Gasteiger charge is -2.26. The van der Waals surface area contributed by atoms with E-state index in [0.717, 1.165) is 19.6 Å². The van der Waals surface area contributed by atoms with Gasteiger partial charge in [0.1, 0.15) is 0 Å². The Balaban J connectivity index is 1.55. The van der Waals surface area contributed by atoms with Gasteiger partial charge in [0.15, 0.2) is 11.5 Å². The average Bonchev–Trinajstić information content (AvgIpc) is 2.77. The van der Waals surface area contributed by atoms with Gasteiger partial charge < -0.3 is 5.73 Å². The Kier molecular flexibility index (Phi) is 6.32. The quantitative estimate of drug-likeness (QED) is 0.548. The highest BCUT2D eigenvalue weighted by Gasteiger charge is 2.18. The maximum absolute atomic E-state index is 13.0. The molecule has 0 spiro atoms. The van der Waals surface area contributed by atoms with Crippen molar-refractivity contribution in [1.82, 2.24) is 14.9 Å². The minimum Gasteiger partial charge on any atom is -0.382 e. The molecule has 1 fully saturated rings. The maximum Gasteiger partial charge on any atom is 0.215 e. The first kappa shape index (κ1) is 20.8. The van der Waals surface area contributed by atoms with Crippen molar-refractivity contribution in [1.29, 1.82) is 0 Å². The molecule has 30 heavy (non-hydrogen) atoms. The van der Waals surface area contributed by atoms with Crippen LogP contribution in [0.15, 0.2) is 48.7 Å². The van der Waals surface area contributed by atoms with Crippen molar-refractivity contribution in [2.24, 2.45) is 0 Å². The number of nitrogen functional groups attached to an aromatic ring is 1. The molecule has 4 rings (SSSR count). The van der Waals surface area contributed by atoms with E-state index in [1.165, 1.54) is 31.0 Å². The number of piperidine rings is 1. The SMILES string of the molecule is Nc1ncc(-c2ccc(Cl)c(Cl)c2)nc1C(=O)c1ccc(CN2CCCCC2)cc1. The number of rotatable bonds is 5. The summed E-state index contributed by atoms with van der Waals surface area (Å²) in [5.74, 6) is -0.160. The Bertz CT molecular complexity index is 1060. The largest absolute Gasteiger partial charge is 0.382 e. The summed E-state index contributed by atoms with van der Waals surface area (Å²) in [6.45, 7) is 3.17. The topological polar surface area (TPSA) is 72.1 Å². The summed E-state index contributed by atoms with van der Waals surface area (Å²) in [4.78, 5) is 24.1. The molecule has 1 aliphatic heterocycles. The number of anilines is 1. The summed E-state index contributed by atoms with van der Waals surface area (Å²) in [7, 11) is 0. The van der Waals surface area contributed by atoms with Crippen molar-refractivity contribution in [3.8, 4) is 11.3 Å². The third-order valence-corrected chi connectivity index (χ3v) is 6.04. The summed E-state index contributed by atoms with van der Waals surface area (Å²) >= 11 is 12.1. The molecule has 0 atom stereocenters. The molecule has 0 radical (unpaired) electrons. The van der Waals surface area contributed by atoms with Gasteiger partial charge in [0.2, 0.25) is 5.78 Å². The van der Waals surface area contributed by atoms with Crippen LogP contribution in [0, 0.1) is 0 Å². The van der Waals surface area contributed by atoms with Crippen molar-refractivity contribution in [3.05, 3.63) is 75.5 Å². The van der Waals surface area contributed by atoms with E-state index in [9.17, 15) is 4.79 Å². The fourth-order valence-electron chi connectivity index (χ4n) is 3.63. The van der Waals surface area contributed by atoms with Gasteiger partial charge in [0.25, 0.3) is 0 Å². The van der Waals surface area contributed by atoms with E-state index in [0.29, 0.717) is 26.9 Å². The highest BCUT2D eigenvalue weighted by molar-refractivity contribution is 6.42. The van der Waals surface area contributed by atoms with Crippen molar-refractivity contribution >= 4 is 34.8 Å². The van der Waals surface area contributed by atoms with Crippen molar-refractivity contribution < 1.29 is 4.79 Å². The molecule has 2 N–H and O–H groups in total. The van der Waals surface area contributed by atoms with Gasteiger partial charge in [-0.25, -0.2) is 9.97 Å². The van der Waals surface area contributed by atoms with Crippen LogP contribution in [0.25, 0.3) is 11.3 Å². The first-order chi connectivity index (χ1) is 14.5. The number of hydrogen-bond acceptors (Lipinski definition) is 5. The van der Waals surface area contributed by atoms with Gasteiger partial charge in [0.05, 0.1) is 21.9 Å². The van der Waals surface area contributed by atoms with E-state index in [-0.39, 0.29) is 17.3 Å². The molecule has 1 saturated heterocycles. The maximum atomic E-state index is 13.0. The second kappa shape index (κ2) is 9.13. The van der Waals surface area contributed by atoms with Crippen LogP contribution in [0.2, 0.25) is 10.0 Å². The van der Waals surface area contributed by atoms with Crippen LogP contribution in [0.1, 0.15) is 40.9 Å². The highest BCUT2D eigenvalue weighted by Crippen LogP contribution is 2.28. The number of hydrogen-bond donors (Lipinski definition) is 1. The molecular weight excluding hydrogens is 419 g/mol. The summed E-state index contributed by atoms with van der Waals surface area (Å²) in [5, 5.41) is 0.856. The number of benzene rings is 2. The van der Waals surface area contributed by atoms with Crippen molar-refractivity contribution in [3.63, 3.8) is 0 Å². The van der Waals surface area contributed by atoms with E-state index < -0.39 is 0 Å². The van der Waals surface area contributed by atoms with Crippen LogP contribution in [-0.2, 0) is 6.54 Å². The zero-order chi connectivity index (χ0) is 21.1. The normalized spacial score (nSPS) is 14.6. The minimum absolute atomic E-state index is 0.0983. The summed E-state index contributed by atoms with van der Waals surface area (Å²) in [6.07, 6.45) is 5.34. The van der Waals surface area contributed by atoms with Gasteiger partial charge in [-0.05, 0) is 43.6 Å². The predicted molar refractivity (Wildman–Crippen MR) is 121 cm³/mol. The molecule has 2 aromatic carbocycles. The van der Waals surface area contributed by atoms with Gasteiger partial charge in [-0.3, -0.25) is 9.69 Å². The third kappa shape index (κ3) is 4.64. The van der Waals surface area contributed by atoms with E-state index >= 15 is 0 Å². The standard InChI is InChI=1S/C23H22Cl2N4O/c24-18-9-8-17(12-19(18)25)20-13-27-23(26)21(28-20)22(30)16-6-4-15(5-7-16)14-29-10-2-1-3-11-29/h4-9,12-13H,1-3,10-11,14H2,(H2,26,27). The van der Waals surface area contributed by atoms with Gasteiger partial charge in [-0.15, -0.1) is 0 Å². The molecule has 3 aromatic rings. The highest BCUT2D eigenvalue weighted by atomic mass is 35.5. The Morgan fingerprint density at radius 2 is 1.73 bits per heavy atom. The van der Waals surface area contributed by atoms with E-state index in [2.05, 4.69) is 14.9 Å². The van der Waals surface area contributed by atoms with E-state index in [1.807, 2.05) is 24.3 Å². The van der Waals surface area contributed by atoms with E-state index in [1.54, 1.807) is 18.2 Å². The lowest BCUT2D eigenvalue weighted by molar-refractivity contribution is 0.103. The Hall–Kier alpha value is -2.47. The zero-order valence-electron chi connectivity index (χ0n) is 16.4. The number of nitrogens with zero attached hydrogens (tertiary/aromatic N) is 3. The number of carbonyl (C=O) groups is 1. The Labute approximate surface area is 185 Å². The molecule has 0 aliphatic carbocycles. The molecule has 0 unspecified atom stereocenters. The molecule has 154 valence electrons. The smallest absolute Gasteiger partial charge is 0.215 e. The minimum atomic E-state index is -0.258. The first-order valence-corrected chi connectivity index (χ1v) is 10.7. The van der Waals surface area contributed by atoms with Crippen molar-refractivity contribution in [2.75, 3.05) is 18.8 Å². The molecule has 0 bridgehead atoms. The van der Waals surface area contributed by atoms with Crippen LogP contribution >= 0.6 is 23.2 Å². The van der Waals surface area contributed by atoms with Crippen LogP contribution in [0.3, 0.4) is 0 Å². The van der Waals surface area contributed by atoms with Crippen LogP contribution in [0.4, 0.5) is 5.82 Å². The fourth-order valence-corrected chi connectivity index (χ4v) is 3.93. The first-order valence-electron chi connectivity index (χ1n) is 9.95. The fraction of sp³-hybridized carbons (Fsp3) is 0.261.